The highest BCUT2D eigenvalue weighted by molar-refractivity contribution is 5.90. The smallest absolute Gasteiger partial charge is 0.438 e. The van der Waals surface area contributed by atoms with Crippen molar-refractivity contribution in [3.8, 4) is 0 Å². The molecule has 23 heavy (non-hydrogen) atoms. The Bertz CT molecular complexity index is 574. The quantitative estimate of drug-likeness (QED) is 0.671. The second kappa shape index (κ2) is 6.09. The molecular weight excluding hydrogens is 334 g/mol. The molecule has 0 saturated carbocycles. The van der Waals surface area contributed by atoms with E-state index in [1.54, 1.807) is 6.92 Å². The van der Waals surface area contributed by atoms with E-state index < -0.39 is 41.9 Å². The molecule has 0 aliphatic rings. The van der Waals surface area contributed by atoms with Crippen molar-refractivity contribution in [2.24, 2.45) is 0 Å². The number of esters is 1. The summed E-state index contributed by atoms with van der Waals surface area (Å²) < 4.78 is 81.1. The van der Waals surface area contributed by atoms with Gasteiger partial charge >= 0.3 is 29.9 Å². The van der Waals surface area contributed by atoms with Crippen LogP contribution in [0.5, 0.6) is 0 Å². The first-order chi connectivity index (χ1) is 10.3. The van der Waals surface area contributed by atoms with E-state index >= 15 is 0 Å². The van der Waals surface area contributed by atoms with Gasteiger partial charge in [0.15, 0.2) is 0 Å². The van der Waals surface area contributed by atoms with E-state index in [9.17, 15) is 35.9 Å². The third kappa shape index (κ3) is 3.93. The number of carbonyl (C=O) groups is 2. The maximum Gasteiger partial charge on any atom is 0.438 e. The van der Waals surface area contributed by atoms with Crippen molar-refractivity contribution in [1.29, 1.82) is 0 Å². The normalized spacial score (nSPS) is 12.8. The molecule has 1 aromatic carbocycles. The lowest BCUT2D eigenvalue weighted by molar-refractivity contribution is -0.365. The Morgan fingerprint density at radius 1 is 1.00 bits per heavy atom. The highest BCUT2D eigenvalue weighted by atomic mass is 19.4. The Hall–Kier alpha value is -2.26. The number of carboxylic acids is 1. The van der Waals surface area contributed by atoms with Crippen LogP contribution in [0.4, 0.5) is 26.3 Å². The van der Waals surface area contributed by atoms with E-state index in [2.05, 4.69) is 4.74 Å². The largest absolute Gasteiger partial charge is 0.481 e. The van der Waals surface area contributed by atoms with Gasteiger partial charge in [-0.3, -0.25) is 4.79 Å². The number of aryl methyl sites for hydroxylation is 1. The molecule has 0 aliphatic carbocycles. The summed E-state index contributed by atoms with van der Waals surface area (Å²) in [6, 6.07) is 4.49. The summed E-state index contributed by atoms with van der Waals surface area (Å²) in [5.74, 6) is -4.35. The number of carbonyl (C=O) groups excluding carboxylic acids is 1. The summed E-state index contributed by atoms with van der Waals surface area (Å²) in [6.07, 6.45) is -14.8. The van der Waals surface area contributed by atoms with Gasteiger partial charge in [-0.1, -0.05) is 17.7 Å². The van der Waals surface area contributed by atoms with Crippen LogP contribution in [-0.4, -0.2) is 35.0 Å². The fourth-order valence-corrected chi connectivity index (χ4v) is 1.63. The zero-order chi connectivity index (χ0) is 18.1. The lowest BCUT2D eigenvalue weighted by atomic mass is 9.97. The van der Waals surface area contributed by atoms with Crippen LogP contribution in [0.2, 0.25) is 0 Å². The molecule has 0 unspecified atom stereocenters. The minimum absolute atomic E-state index is 0.570. The summed E-state index contributed by atoms with van der Waals surface area (Å²) >= 11 is 0. The van der Waals surface area contributed by atoms with Crippen LogP contribution in [0.1, 0.15) is 22.3 Å². The number of carboxylic acid groups (broad SMARTS) is 1. The molecule has 0 amide bonds. The molecule has 1 rings (SSSR count). The molecule has 0 fully saturated rings. The Morgan fingerprint density at radius 3 is 1.78 bits per heavy atom. The third-order valence-corrected chi connectivity index (χ3v) is 2.87. The van der Waals surface area contributed by atoms with Crippen molar-refractivity contribution >= 4 is 11.9 Å². The van der Waals surface area contributed by atoms with Gasteiger partial charge in [-0.05, 0) is 19.1 Å². The van der Waals surface area contributed by atoms with Gasteiger partial charge in [0.25, 0.3) is 0 Å². The lowest BCUT2D eigenvalue weighted by Gasteiger charge is -2.35. The van der Waals surface area contributed by atoms with Crippen LogP contribution in [0.3, 0.4) is 0 Å². The zero-order valence-corrected chi connectivity index (χ0v) is 11.5. The molecular formula is C13H10F6O4. The average Bonchev–Trinajstić information content (AvgIpc) is 2.35. The molecule has 4 nitrogen and oxygen atoms in total. The number of aliphatic carboxylic acids is 1. The highest BCUT2D eigenvalue weighted by Crippen LogP contribution is 2.48. The molecule has 0 aromatic heterocycles. The van der Waals surface area contributed by atoms with Gasteiger partial charge in [0.1, 0.15) is 6.42 Å². The van der Waals surface area contributed by atoms with Crippen molar-refractivity contribution < 1.29 is 45.8 Å². The van der Waals surface area contributed by atoms with E-state index in [0.29, 0.717) is 5.56 Å². The summed E-state index contributed by atoms with van der Waals surface area (Å²) in [7, 11) is 0. The molecule has 128 valence electrons. The molecule has 0 heterocycles. The van der Waals surface area contributed by atoms with Crippen LogP contribution in [-0.2, 0) is 9.53 Å². The number of rotatable bonds is 4. The zero-order valence-electron chi connectivity index (χ0n) is 11.5. The van der Waals surface area contributed by atoms with Gasteiger partial charge < -0.3 is 9.84 Å². The molecule has 10 heteroatoms. The first-order valence-corrected chi connectivity index (χ1v) is 5.95. The number of ether oxygens (including phenoxy) is 1. The maximum atomic E-state index is 12.9. The van der Waals surface area contributed by atoms with Gasteiger partial charge in [-0.2, -0.15) is 26.3 Å². The minimum Gasteiger partial charge on any atom is -0.481 e. The number of alkyl halides is 6. The predicted octanol–water partition coefficient (Wildman–Crippen LogP) is 3.49. The van der Waals surface area contributed by atoms with E-state index in [-0.39, 0.29) is 0 Å². The summed E-state index contributed by atoms with van der Waals surface area (Å²) in [5, 5.41) is 8.40. The maximum absolute atomic E-state index is 12.9. The lowest BCUT2D eigenvalue weighted by Crippen LogP contribution is -2.60. The molecule has 0 radical (unpaired) electrons. The second-order valence-electron chi connectivity index (χ2n) is 4.65. The van der Waals surface area contributed by atoms with Gasteiger partial charge in [-0.25, -0.2) is 4.79 Å². The third-order valence-electron chi connectivity index (χ3n) is 2.87. The summed E-state index contributed by atoms with van der Waals surface area (Å²) in [6.45, 7) is 1.58. The molecule has 0 spiro atoms. The average molecular weight is 344 g/mol. The topological polar surface area (TPSA) is 63.6 Å². The van der Waals surface area contributed by atoms with E-state index in [0.717, 1.165) is 12.1 Å². The van der Waals surface area contributed by atoms with Gasteiger partial charge in [-0.15, -0.1) is 0 Å². The van der Waals surface area contributed by atoms with E-state index in [1.807, 2.05) is 0 Å². The van der Waals surface area contributed by atoms with E-state index in [1.165, 1.54) is 12.1 Å². The van der Waals surface area contributed by atoms with Gasteiger partial charge in [0.05, 0.1) is 5.56 Å². The molecule has 0 saturated heterocycles. The van der Waals surface area contributed by atoms with Crippen LogP contribution in [0.25, 0.3) is 0 Å². The molecule has 0 atom stereocenters. The Labute approximate surface area is 125 Å². The van der Waals surface area contributed by atoms with Gasteiger partial charge in [0, 0.05) is 0 Å². The molecule has 0 aliphatic heterocycles. The second-order valence-corrected chi connectivity index (χ2v) is 4.65. The van der Waals surface area contributed by atoms with Crippen LogP contribution in [0, 0.1) is 6.92 Å². The van der Waals surface area contributed by atoms with Crippen molar-refractivity contribution in [3.63, 3.8) is 0 Å². The minimum atomic E-state index is -6.16. The van der Waals surface area contributed by atoms with Crippen LogP contribution >= 0.6 is 0 Å². The van der Waals surface area contributed by atoms with Crippen molar-refractivity contribution in [3.05, 3.63) is 35.4 Å². The summed E-state index contributed by atoms with van der Waals surface area (Å²) in [4.78, 5) is 22.1. The fraction of sp³-hybridized carbons (Fsp3) is 0.385. The van der Waals surface area contributed by atoms with Gasteiger partial charge in [0.2, 0.25) is 0 Å². The highest BCUT2D eigenvalue weighted by Gasteiger charge is 2.75. The molecule has 0 bridgehead atoms. The number of hydrogen-bond donors (Lipinski definition) is 1. The molecule has 1 N–H and O–H groups in total. The SMILES string of the molecule is Cc1ccc(C(=O)OC(CC(=O)O)(C(F)(F)F)C(F)(F)F)cc1. The van der Waals surface area contributed by atoms with Crippen molar-refractivity contribution in [1.82, 2.24) is 0 Å². The Morgan fingerprint density at radius 2 is 1.43 bits per heavy atom. The van der Waals surface area contributed by atoms with Crippen LogP contribution in [0.15, 0.2) is 24.3 Å². The predicted molar refractivity (Wildman–Crippen MR) is 63.7 cm³/mol. The monoisotopic (exact) mass is 344 g/mol. The van der Waals surface area contributed by atoms with Crippen LogP contribution < -0.4 is 0 Å². The number of halogens is 6. The van der Waals surface area contributed by atoms with E-state index in [4.69, 9.17) is 5.11 Å². The van der Waals surface area contributed by atoms with Crippen molar-refractivity contribution in [2.45, 2.75) is 31.3 Å². The standard InChI is InChI=1S/C13H10F6O4/c1-7-2-4-8(5-3-7)10(22)23-11(6-9(20)21,12(14,15)16)13(17,18)19/h2-5H,6H2,1H3,(H,20,21). The summed E-state index contributed by atoms with van der Waals surface area (Å²) in [5.41, 5.74) is -5.10. The Kier molecular flexibility index (Phi) is 4.97. The number of benzene rings is 1. The first kappa shape index (κ1) is 18.8. The number of hydrogen-bond acceptors (Lipinski definition) is 3. The fourth-order valence-electron chi connectivity index (χ4n) is 1.63. The van der Waals surface area contributed by atoms with Crippen molar-refractivity contribution in [2.75, 3.05) is 0 Å². The first-order valence-electron chi connectivity index (χ1n) is 5.95. The Balaban J connectivity index is 3.32. The molecule has 1 aromatic rings.